The number of carbonyl (C=O) groups is 2. The first-order valence-corrected chi connectivity index (χ1v) is 8.27. The maximum Gasteiger partial charge on any atom is 0.306 e. The number of nitrogens with one attached hydrogen (secondary N) is 2. The molecule has 1 rings (SSSR count). The number of methoxy groups -OCH3 is 1. The van der Waals surface area contributed by atoms with Crippen molar-refractivity contribution >= 4 is 29.2 Å². The normalized spacial score (nSPS) is 15.7. The van der Waals surface area contributed by atoms with Crippen LogP contribution < -0.4 is 10.6 Å². The zero-order valence-electron chi connectivity index (χ0n) is 13.2. The Morgan fingerprint density at radius 1 is 1.09 bits per heavy atom. The van der Waals surface area contributed by atoms with E-state index in [1.165, 1.54) is 32.8 Å². The molecule has 1 aliphatic rings. The van der Waals surface area contributed by atoms with Crippen molar-refractivity contribution in [1.82, 2.24) is 10.6 Å². The molecule has 0 heterocycles. The van der Waals surface area contributed by atoms with E-state index >= 15 is 0 Å². The SMILES string of the molecule is COCCOC(=O)CCC(=O)NC(=S)NC1CCCCCC1. The fraction of sp³-hybridized carbons (Fsp3) is 0.800. The van der Waals surface area contributed by atoms with Crippen LogP contribution >= 0.6 is 12.2 Å². The van der Waals surface area contributed by atoms with Crippen LogP contribution in [0.25, 0.3) is 0 Å². The zero-order chi connectivity index (χ0) is 16.2. The van der Waals surface area contributed by atoms with E-state index in [0.29, 0.717) is 17.8 Å². The number of carbonyl (C=O) groups excluding carboxylic acids is 2. The van der Waals surface area contributed by atoms with E-state index in [2.05, 4.69) is 10.6 Å². The third-order valence-corrected chi connectivity index (χ3v) is 3.77. The van der Waals surface area contributed by atoms with E-state index in [4.69, 9.17) is 21.7 Å². The Bertz CT molecular complexity index is 369. The third kappa shape index (κ3) is 8.94. The highest BCUT2D eigenvalue weighted by Gasteiger charge is 2.14. The van der Waals surface area contributed by atoms with Crippen LogP contribution in [0.4, 0.5) is 0 Å². The number of thiocarbonyl (C=S) groups is 1. The summed E-state index contributed by atoms with van der Waals surface area (Å²) in [5.41, 5.74) is 0. The molecular weight excluding hydrogens is 304 g/mol. The van der Waals surface area contributed by atoms with Gasteiger partial charge in [0.15, 0.2) is 5.11 Å². The maximum absolute atomic E-state index is 11.7. The van der Waals surface area contributed by atoms with Crippen LogP contribution in [0.2, 0.25) is 0 Å². The molecule has 1 aliphatic carbocycles. The number of esters is 1. The van der Waals surface area contributed by atoms with Crippen molar-refractivity contribution in [3.63, 3.8) is 0 Å². The van der Waals surface area contributed by atoms with Gasteiger partial charge in [-0.25, -0.2) is 0 Å². The lowest BCUT2D eigenvalue weighted by Crippen LogP contribution is -2.44. The van der Waals surface area contributed by atoms with Crippen molar-refractivity contribution < 1.29 is 19.1 Å². The first-order chi connectivity index (χ1) is 10.6. The molecule has 1 fully saturated rings. The summed E-state index contributed by atoms with van der Waals surface area (Å²) in [6.45, 7) is 0.561. The zero-order valence-corrected chi connectivity index (χ0v) is 14.0. The van der Waals surface area contributed by atoms with Gasteiger partial charge in [0.25, 0.3) is 0 Å². The average molecular weight is 330 g/mol. The van der Waals surface area contributed by atoms with E-state index in [9.17, 15) is 9.59 Å². The molecule has 0 aliphatic heterocycles. The van der Waals surface area contributed by atoms with Gasteiger partial charge in [-0.1, -0.05) is 25.7 Å². The standard InChI is InChI=1S/C15H26N2O4S/c1-20-10-11-21-14(19)9-8-13(18)17-15(22)16-12-6-4-2-3-5-7-12/h12H,2-11H2,1H3,(H2,16,17,18,22). The van der Waals surface area contributed by atoms with Crippen molar-refractivity contribution in [1.29, 1.82) is 0 Å². The van der Waals surface area contributed by atoms with E-state index in [1.807, 2.05) is 0 Å². The molecule has 0 aromatic carbocycles. The van der Waals surface area contributed by atoms with Crippen LogP contribution in [-0.2, 0) is 19.1 Å². The molecule has 0 radical (unpaired) electrons. The fourth-order valence-corrected chi connectivity index (χ4v) is 2.64. The molecule has 2 N–H and O–H groups in total. The van der Waals surface area contributed by atoms with Crippen molar-refractivity contribution in [3.8, 4) is 0 Å². The van der Waals surface area contributed by atoms with Crippen molar-refractivity contribution in [2.24, 2.45) is 0 Å². The summed E-state index contributed by atoms with van der Waals surface area (Å²) in [5.74, 6) is -0.676. The van der Waals surface area contributed by atoms with E-state index in [1.54, 1.807) is 0 Å². The van der Waals surface area contributed by atoms with Gasteiger partial charge in [0.05, 0.1) is 13.0 Å². The van der Waals surface area contributed by atoms with Gasteiger partial charge in [-0.3, -0.25) is 9.59 Å². The first-order valence-electron chi connectivity index (χ1n) is 7.86. The summed E-state index contributed by atoms with van der Waals surface area (Å²) < 4.78 is 9.65. The Hall–Kier alpha value is -1.21. The van der Waals surface area contributed by atoms with Crippen LogP contribution in [0.5, 0.6) is 0 Å². The van der Waals surface area contributed by atoms with Crippen molar-refractivity contribution in [2.75, 3.05) is 20.3 Å². The highest BCUT2D eigenvalue weighted by molar-refractivity contribution is 7.80. The molecule has 1 saturated carbocycles. The molecule has 0 saturated heterocycles. The van der Waals surface area contributed by atoms with E-state index < -0.39 is 5.97 Å². The molecule has 6 nitrogen and oxygen atoms in total. The van der Waals surface area contributed by atoms with Crippen molar-refractivity contribution in [2.45, 2.75) is 57.4 Å². The quantitative estimate of drug-likeness (QED) is 0.320. The fourth-order valence-electron chi connectivity index (χ4n) is 2.36. The van der Waals surface area contributed by atoms with E-state index in [-0.39, 0.29) is 25.4 Å². The average Bonchev–Trinajstić information content (AvgIpc) is 2.74. The number of hydrogen-bond acceptors (Lipinski definition) is 5. The predicted molar refractivity (Wildman–Crippen MR) is 87.4 cm³/mol. The second kappa shape index (κ2) is 11.4. The Labute approximate surface area is 137 Å². The van der Waals surface area contributed by atoms with Gasteiger partial charge in [-0.15, -0.1) is 0 Å². The largest absolute Gasteiger partial charge is 0.463 e. The second-order valence-corrected chi connectivity index (χ2v) is 5.83. The summed E-state index contributed by atoms with van der Waals surface area (Å²) in [6.07, 6.45) is 7.21. The van der Waals surface area contributed by atoms with Crippen LogP contribution in [-0.4, -0.2) is 43.4 Å². The predicted octanol–water partition coefficient (Wildman–Crippen LogP) is 1.67. The Morgan fingerprint density at radius 2 is 1.77 bits per heavy atom. The van der Waals surface area contributed by atoms with Crippen LogP contribution in [0.15, 0.2) is 0 Å². The van der Waals surface area contributed by atoms with Gasteiger partial charge in [0.1, 0.15) is 6.61 Å². The van der Waals surface area contributed by atoms with Gasteiger partial charge in [-0.05, 0) is 25.1 Å². The molecule has 22 heavy (non-hydrogen) atoms. The highest BCUT2D eigenvalue weighted by atomic mass is 32.1. The van der Waals surface area contributed by atoms with Gasteiger partial charge in [0.2, 0.25) is 5.91 Å². The van der Waals surface area contributed by atoms with Crippen molar-refractivity contribution in [3.05, 3.63) is 0 Å². The number of hydrogen-bond donors (Lipinski definition) is 2. The van der Waals surface area contributed by atoms with Crippen LogP contribution in [0.3, 0.4) is 0 Å². The Morgan fingerprint density at radius 3 is 2.41 bits per heavy atom. The lowest BCUT2D eigenvalue weighted by atomic mass is 10.1. The summed E-state index contributed by atoms with van der Waals surface area (Å²) in [4.78, 5) is 23.1. The highest BCUT2D eigenvalue weighted by Crippen LogP contribution is 2.16. The smallest absolute Gasteiger partial charge is 0.306 e. The van der Waals surface area contributed by atoms with E-state index in [0.717, 1.165) is 12.8 Å². The molecule has 1 amide bonds. The molecule has 0 bridgehead atoms. The van der Waals surface area contributed by atoms with Crippen LogP contribution in [0, 0.1) is 0 Å². The Kier molecular flexibility index (Phi) is 9.74. The summed E-state index contributed by atoms with van der Waals surface area (Å²) in [5, 5.41) is 6.16. The molecule has 126 valence electrons. The van der Waals surface area contributed by atoms with Gasteiger partial charge in [0, 0.05) is 19.6 Å². The molecular formula is C15H26N2O4S. The summed E-state index contributed by atoms with van der Waals surface area (Å²) in [6, 6.07) is 0.342. The number of ether oxygens (including phenoxy) is 2. The minimum Gasteiger partial charge on any atom is -0.463 e. The molecule has 0 unspecified atom stereocenters. The van der Waals surface area contributed by atoms with Gasteiger partial charge < -0.3 is 20.1 Å². The molecule has 0 aromatic rings. The van der Waals surface area contributed by atoms with Crippen LogP contribution in [0.1, 0.15) is 51.4 Å². The van der Waals surface area contributed by atoms with Gasteiger partial charge in [-0.2, -0.15) is 0 Å². The second-order valence-electron chi connectivity index (χ2n) is 5.42. The summed E-state index contributed by atoms with van der Waals surface area (Å²) >= 11 is 5.15. The topological polar surface area (TPSA) is 76.7 Å². The Balaban J connectivity index is 2.15. The molecule has 0 aromatic heterocycles. The lowest BCUT2D eigenvalue weighted by Gasteiger charge is -2.18. The molecule has 0 atom stereocenters. The third-order valence-electron chi connectivity index (χ3n) is 3.55. The molecule has 0 spiro atoms. The summed E-state index contributed by atoms with van der Waals surface area (Å²) in [7, 11) is 1.53. The lowest BCUT2D eigenvalue weighted by molar-refractivity contribution is -0.146. The van der Waals surface area contributed by atoms with Gasteiger partial charge >= 0.3 is 5.97 Å². The maximum atomic E-state index is 11.7. The number of rotatable bonds is 7. The minimum atomic E-state index is -0.408. The number of amides is 1. The monoisotopic (exact) mass is 330 g/mol. The minimum absolute atomic E-state index is 0.0432. The molecule has 7 heteroatoms. The first kappa shape index (κ1) is 18.8.